The summed E-state index contributed by atoms with van der Waals surface area (Å²) in [5.74, 6) is -4.24. The molecule has 9 N–H and O–H groups in total. The number of aromatic nitrogens is 5. The minimum absolute atomic E-state index is 0.00436. The number of amides is 3. The van der Waals surface area contributed by atoms with Gasteiger partial charge in [-0.15, -0.1) is 0 Å². The molecule has 0 spiro atoms. The molecule has 30 heteroatoms. The van der Waals surface area contributed by atoms with E-state index in [0.29, 0.717) is 114 Å². The van der Waals surface area contributed by atoms with Crippen LogP contribution in [0.4, 0.5) is 37.9 Å². The highest BCUT2D eigenvalue weighted by atomic mass is 35.5. The Kier molecular flexibility index (Phi) is 31.0. The first-order valence-electron chi connectivity index (χ1n) is 29.8. The number of nitrogens with zero attached hydrogens (tertiary/aromatic N) is 8. The molecule has 1 fully saturated rings. The molecule has 28 nitrogen and oxygen atoms in total. The molecule has 0 bridgehead atoms. The van der Waals surface area contributed by atoms with Crippen LogP contribution in [0.1, 0.15) is 74.1 Å². The van der Waals surface area contributed by atoms with Gasteiger partial charge in [0.1, 0.15) is 47.3 Å². The lowest BCUT2D eigenvalue weighted by Crippen LogP contribution is -2.34. The molecule has 3 aromatic heterocycles. The van der Waals surface area contributed by atoms with E-state index in [4.69, 9.17) is 61.7 Å². The average Bonchev–Trinajstić information content (AvgIpc) is 1.49. The SMILES string of the molecule is CCCCCCOC(=O)/N=C(/N)c1ccc(NCc2nc3cc(C(=O)N(CCC(=O)OCC)c4ccccn4)ccc3n2C)cc1.CN(C)C/C=C/C(=O)Nc1cc2c(Nc3ccc(F)c(Cl)c3)ncnc2cc1O[C@H]1CCOC1.O=C(O)/C=C\C(=O)O.O=C(O)/C=C\C(=O)O. The topological polar surface area (TPSA) is 392 Å². The van der Waals surface area contributed by atoms with Gasteiger partial charge < -0.3 is 70.5 Å². The number of fused-ring (bicyclic) bond motifs is 2. The summed E-state index contributed by atoms with van der Waals surface area (Å²) >= 11 is 5.91. The molecule has 0 aliphatic carbocycles. The van der Waals surface area contributed by atoms with Crippen molar-refractivity contribution in [3.8, 4) is 5.75 Å². The largest absolute Gasteiger partial charge is 0.486 e. The third kappa shape index (κ3) is 26.1. The van der Waals surface area contributed by atoms with Gasteiger partial charge in [0.05, 0.1) is 66.7 Å². The lowest BCUT2D eigenvalue weighted by Gasteiger charge is -2.21. The van der Waals surface area contributed by atoms with Gasteiger partial charge >= 0.3 is 35.9 Å². The minimum Gasteiger partial charge on any atom is -0.486 e. The monoisotopic (exact) mass is 1340 g/mol. The molecule has 1 aliphatic rings. The smallest absolute Gasteiger partial charge is 0.435 e. The quantitative estimate of drug-likeness (QED) is 0.00781. The maximum atomic E-state index is 13.6. The maximum absolute atomic E-state index is 13.6. The second-order valence-corrected chi connectivity index (χ2v) is 21.1. The van der Waals surface area contributed by atoms with Crippen molar-refractivity contribution in [2.45, 2.75) is 65.0 Å². The number of halogens is 2. The van der Waals surface area contributed by atoms with E-state index in [0.717, 1.165) is 49.1 Å². The fourth-order valence-corrected chi connectivity index (χ4v) is 8.68. The number of hydrogen-bond donors (Lipinski definition) is 8. The Morgan fingerprint density at radius 1 is 0.802 bits per heavy atom. The van der Waals surface area contributed by atoms with Gasteiger partial charge in [0.25, 0.3) is 5.91 Å². The number of aryl methyl sites for hydroxylation is 1. The lowest BCUT2D eigenvalue weighted by molar-refractivity contribution is -0.143. The number of nitrogens with one attached hydrogen (secondary N) is 3. The van der Waals surface area contributed by atoms with E-state index < -0.39 is 35.8 Å². The molecule has 0 unspecified atom stereocenters. The van der Waals surface area contributed by atoms with Crippen LogP contribution >= 0.6 is 11.6 Å². The Bertz CT molecular complexity index is 3870. The van der Waals surface area contributed by atoms with Crippen LogP contribution in [0.15, 0.2) is 145 Å². The van der Waals surface area contributed by atoms with Crippen molar-refractivity contribution in [2.75, 3.05) is 74.5 Å². The zero-order chi connectivity index (χ0) is 70.1. The first-order valence-corrected chi connectivity index (χ1v) is 30.2. The first-order chi connectivity index (χ1) is 45.9. The number of carboxylic acids is 4. The van der Waals surface area contributed by atoms with E-state index in [1.54, 1.807) is 79.9 Å². The molecule has 0 radical (unpaired) electrons. The van der Waals surface area contributed by atoms with E-state index in [1.807, 2.05) is 48.8 Å². The number of likely N-dealkylation sites (N-methyl/N-ethyl adjacent to an activating group) is 1. The third-order valence-electron chi connectivity index (χ3n) is 13.1. The molecule has 508 valence electrons. The van der Waals surface area contributed by atoms with Crippen LogP contribution in [0.2, 0.25) is 5.02 Å². The van der Waals surface area contributed by atoms with Crippen molar-refractivity contribution in [2.24, 2.45) is 17.8 Å². The number of benzene rings is 4. The molecule has 8 rings (SSSR count). The summed E-state index contributed by atoms with van der Waals surface area (Å²) in [7, 11) is 5.75. The predicted octanol–water partition coefficient (Wildman–Crippen LogP) is 9.42. The number of carbonyl (C=O) groups excluding carboxylic acids is 4. The van der Waals surface area contributed by atoms with Gasteiger partial charge in [-0.25, -0.2) is 48.3 Å². The molecule has 0 saturated carbocycles. The maximum Gasteiger partial charge on any atom is 0.435 e. The second-order valence-electron chi connectivity index (χ2n) is 20.7. The Morgan fingerprint density at radius 3 is 2.10 bits per heavy atom. The van der Waals surface area contributed by atoms with Crippen molar-refractivity contribution in [3.63, 3.8) is 0 Å². The van der Waals surface area contributed by atoms with Crippen LogP contribution in [0.5, 0.6) is 5.75 Å². The molecule has 7 aromatic rings. The van der Waals surface area contributed by atoms with Crippen molar-refractivity contribution in [3.05, 3.63) is 168 Å². The summed E-state index contributed by atoms with van der Waals surface area (Å²) in [5, 5.41) is 41.3. The number of unbranched alkanes of at least 4 members (excludes halogenated alkanes) is 3. The molecule has 4 heterocycles. The van der Waals surface area contributed by atoms with E-state index in [1.165, 1.54) is 29.4 Å². The summed E-state index contributed by atoms with van der Waals surface area (Å²) < 4.78 is 37.2. The summed E-state index contributed by atoms with van der Waals surface area (Å²) in [6, 6.07) is 25.7. The number of rotatable bonds is 27. The lowest BCUT2D eigenvalue weighted by atomic mass is 10.1. The second kappa shape index (κ2) is 39.4. The molecule has 96 heavy (non-hydrogen) atoms. The van der Waals surface area contributed by atoms with Crippen LogP contribution < -0.4 is 31.3 Å². The summed E-state index contributed by atoms with van der Waals surface area (Å²) in [6.45, 7) is 6.76. The number of aliphatic carboxylic acids is 4. The van der Waals surface area contributed by atoms with Gasteiger partial charge in [-0.3, -0.25) is 19.3 Å². The molecule has 3 amide bonds. The van der Waals surface area contributed by atoms with Gasteiger partial charge in [-0.1, -0.05) is 49.9 Å². The van der Waals surface area contributed by atoms with E-state index in [2.05, 4.69) is 42.8 Å². The van der Waals surface area contributed by atoms with Crippen LogP contribution in [-0.2, 0) is 56.6 Å². The standard InChI is InChI=1S/C34H41N7O5.C24H25ClFN5O3.2C4H4O4/c1-4-6-7-10-21-46-34(44)39-32(35)24-12-15-26(16-13-24)37-23-30-38-27-22-25(14-17-28(27)40(30)3)33(43)41(20-18-31(42)45-5-2)29-11-8-9-19-36-29;1-31(2)8-3-4-23(32)30-21-11-17-20(12-22(21)34-16-7-9-33-13-16)27-14-28-24(17)29-15-5-6-19(26)18(25)10-15;2*5-3(6)1-2-4(7)8/h8-9,11-17,19,22,37H,4-7,10,18,20-21,23H2,1-3H3,(H2,35,39,44);3-6,10-12,14,16H,7-9,13H2,1-2H3,(H,30,32)(H,27,28,29);2*1-2H,(H,5,6)(H,7,8)/b;4-3+;2*2-1-/t;16-;;/m.0../s1. The molecule has 4 aromatic carbocycles. The molecule has 1 saturated heterocycles. The average molecular weight is 1350 g/mol. The van der Waals surface area contributed by atoms with E-state index in [-0.39, 0.29) is 54.3 Å². The van der Waals surface area contributed by atoms with Crippen molar-refractivity contribution < 1.29 is 82.1 Å². The van der Waals surface area contributed by atoms with Gasteiger partial charge in [0.15, 0.2) is 0 Å². The van der Waals surface area contributed by atoms with Crippen LogP contribution in [0, 0.1) is 5.82 Å². The Labute approximate surface area is 555 Å². The number of amidine groups is 1. The number of carboxylic acid groups (broad SMARTS) is 4. The highest BCUT2D eigenvalue weighted by molar-refractivity contribution is 6.31. The zero-order valence-corrected chi connectivity index (χ0v) is 53.9. The first kappa shape index (κ1) is 75.5. The number of carbonyl (C=O) groups is 8. The Balaban J connectivity index is 0.000000289. The minimum atomic E-state index is -1.26. The number of hydrogen-bond acceptors (Lipinski definition) is 19. The fraction of sp³-hybridized carbons (Fsp3) is 0.288. The Hall–Kier alpha value is -11.2. The molecular weight excluding hydrogens is 1270 g/mol. The number of nitrogens with two attached hydrogens (primary N) is 1. The van der Waals surface area contributed by atoms with Crippen molar-refractivity contribution >= 4 is 116 Å². The van der Waals surface area contributed by atoms with Crippen molar-refractivity contribution in [1.29, 1.82) is 0 Å². The molecule has 1 atom stereocenters. The number of pyridine rings is 1. The fourth-order valence-electron chi connectivity index (χ4n) is 8.49. The highest BCUT2D eigenvalue weighted by Crippen LogP contribution is 2.35. The third-order valence-corrected chi connectivity index (χ3v) is 13.4. The summed E-state index contributed by atoms with van der Waals surface area (Å²) in [6.07, 6.45) is 12.5. The van der Waals surface area contributed by atoms with Crippen LogP contribution in [0.25, 0.3) is 21.9 Å². The van der Waals surface area contributed by atoms with Gasteiger partial charge in [-0.2, -0.15) is 4.99 Å². The summed E-state index contributed by atoms with van der Waals surface area (Å²) in [5.41, 5.74) is 11.1. The normalized spacial score (nSPS) is 12.6. The molecular formula is C66H74ClFN12O16. The number of aliphatic imine (C=N–C) groups is 1. The van der Waals surface area contributed by atoms with Gasteiger partial charge in [0.2, 0.25) is 5.91 Å². The molecule has 1 aliphatic heterocycles. The van der Waals surface area contributed by atoms with Crippen LogP contribution in [-0.4, -0.2) is 163 Å². The van der Waals surface area contributed by atoms with E-state index in [9.17, 15) is 42.7 Å². The number of ether oxygens (including phenoxy) is 4. The zero-order valence-electron chi connectivity index (χ0n) is 53.1. The highest BCUT2D eigenvalue weighted by Gasteiger charge is 2.23. The Morgan fingerprint density at radius 2 is 1.49 bits per heavy atom. The number of esters is 1. The van der Waals surface area contributed by atoms with Gasteiger partial charge in [0, 0.05) is 97.1 Å². The van der Waals surface area contributed by atoms with Crippen LogP contribution in [0.3, 0.4) is 0 Å². The van der Waals surface area contributed by atoms with Gasteiger partial charge in [-0.05, 0) is 106 Å². The number of anilines is 5. The number of imidazole rings is 1. The predicted molar refractivity (Wildman–Crippen MR) is 357 cm³/mol. The van der Waals surface area contributed by atoms with E-state index >= 15 is 0 Å². The van der Waals surface area contributed by atoms with Crippen molar-refractivity contribution in [1.82, 2.24) is 29.4 Å². The summed E-state index contributed by atoms with van der Waals surface area (Å²) in [4.78, 5) is 113.